The summed E-state index contributed by atoms with van der Waals surface area (Å²) in [7, 11) is 1.85. The molecule has 6 heteroatoms. The van der Waals surface area contributed by atoms with E-state index < -0.39 is 5.97 Å². The Balaban J connectivity index is 1.96. The summed E-state index contributed by atoms with van der Waals surface area (Å²) in [4.78, 5) is 10.9. The van der Waals surface area contributed by atoms with Gasteiger partial charge >= 0.3 is 5.97 Å². The third-order valence-electron chi connectivity index (χ3n) is 2.67. The molecule has 1 aromatic carbocycles. The number of carbonyl (C=O) groups is 1. The number of rotatable bonds is 5. The lowest BCUT2D eigenvalue weighted by Crippen LogP contribution is -2.05. The Labute approximate surface area is 110 Å². The van der Waals surface area contributed by atoms with Crippen LogP contribution in [-0.2, 0) is 13.5 Å². The number of hydrogen-bond acceptors (Lipinski definition) is 4. The number of benzene rings is 1. The molecule has 0 atom stereocenters. The fourth-order valence-electron chi connectivity index (χ4n) is 1.70. The summed E-state index contributed by atoms with van der Waals surface area (Å²) in [5.74, 6) is -0.564. The van der Waals surface area contributed by atoms with E-state index in [0.29, 0.717) is 18.8 Å². The summed E-state index contributed by atoms with van der Waals surface area (Å²) in [6.07, 6.45) is 4.39. The smallest absolute Gasteiger partial charge is 0.337 e. The number of aryl methyl sites for hydroxylation is 1. The lowest BCUT2D eigenvalue weighted by atomic mass is 10.2. The molecule has 0 bridgehead atoms. The van der Waals surface area contributed by atoms with Crippen LogP contribution in [-0.4, -0.2) is 27.5 Å². The van der Waals surface area contributed by atoms with Gasteiger partial charge in [0.15, 0.2) is 0 Å². The van der Waals surface area contributed by atoms with Crippen LogP contribution in [0.25, 0.3) is 0 Å². The monoisotopic (exact) mass is 261 g/mol. The number of anilines is 1. The van der Waals surface area contributed by atoms with Gasteiger partial charge in [0.1, 0.15) is 5.75 Å². The molecule has 1 heterocycles. The Bertz CT molecular complexity index is 593. The average Bonchev–Trinajstić information content (AvgIpc) is 2.77. The van der Waals surface area contributed by atoms with Crippen molar-refractivity contribution in [1.82, 2.24) is 9.78 Å². The molecule has 0 spiro atoms. The minimum Gasteiger partial charge on any atom is -0.493 e. The predicted molar refractivity (Wildman–Crippen MR) is 70.2 cm³/mol. The lowest BCUT2D eigenvalue weighted by molar-refractivity contribution is 0.0697. The lowest BCUT2D eigenvalue weighted by Gasteiger charge is -2.07. The second kappa shape index (κ2) is 5.43. The molecule has 0 unspecified atom stereocenters. The molecule has 0 aliphatic rings. The number of hydrogen-bond donors (Lipinski definition) is 2. The number of aromatic nitrogens is 2. The van der Waals surface area contributed by atoms with Crippen LogP contribution < -0.4 is 10.5 Å². The molecule has 6 nitrogen and oxygen atoms in total. The maximum atomic E-state index is 10.9. The minimum atomic E-state index is -1.06. The van der Waals surface area contributed by atoms with Gasteiger partial charge in [0.05, 0.1) is 18.4 Å². The summed E-state index contributed by atoms with van der Waals surface area (Å²) in [6, 6.07) is 4.62. The average molecular weight is 261 g/mol. The quantitative estimate of drug-likeness (QED) is 0.792. The van der Waals surface area contributed by atoms with Gasteiger partial charge in [-0.3, -0.25) is 4.68 Å². The number of nitrogen functional groups attached to an aromatic ring is 1. The molecule has 0 fully saturated rings. The van der Waals surface area contributed by atoms with Crippen LogP contribution in [0.5, 0.6) is 5.75 Å². The summed E-state index contributed by atoms with van der Waals surface area (Å²) >= 11 is 0. The predicted octanol–water partition coefficient (Wildman–Crippen LogP) is 1.32. The molecule has 19 heavy (non-hydrogen) atoms. The largest absolute Gasteiger partial charge is 0.493 e. The van der Waals surface area contributed by atoms with Crippen LogP contribution >= 0.6 is 0 Å². The number of ether oxygens (including phenoxy) is 1. The van der Waals surface area contributed by atoms with E-state index in [9.17, 15) is 4.79 Å². The molecule has 0 saturated carbocycles. The van der Waals surface area contributed by atoms with Crippen LogP contribution in [0.1, 0.15) is 15.9 Å². The van der Waals surface area contributed by atoms with Crippen molar-refractivity contribution in [2.75, 3.05) is 12.3 Å². The van der Waals surface area contributed by atoms with Gasteiger partial charge in [0, 0.05) is 25.4 Å². The summed E-state index contributed by atoms with van der Waals surface area (Å²) in [5.41, 5.74) is 6.91. The molecule has 0 aliphatic heterocycles. The fourth-order valence-corrected chi connectivity index (χ4v) is 1.70. The topological polar surface area (TPSA) is 90.4 Å². The Hall–Kier alpha value is -2.50. The van der Waals surface area contributed by atoms with E-state index in [1.165, 1.54) is 12.1 Å². The first kappa shape index (κ1) is 12.9. The standard InChI is InChI=1S/C13H15N3O3/c1-16-8-9(7-15-16)4-5-19-10-2-3-12(14)11(6-10)13(17)18/h2-3,6-8H,4-5,14H2,1H3,(H,17,18). The Morgan fingerprint density at radius 3 is 2.95 bits per heavy atom. The van der Waals surface area contributed by atoms with E-state index in [2.05, 4.69) is 5.10 Å². The van der Waals surface area contributed by atoms with Crippen molar-refractivity contribution in [3.8, 4) is 5.75 Å². The molecule has 3 N–H and O–H groups in total. The minimum absolute atomic E-state index is 0.0545. The van der Waals surface area contributed by atoms with Gasteiger partial charge in [-0.15, -0.1) is 0 Å². The van der Waals surface area contributed by atoms with E-state index in [-0.39, 0.29) is 11.3 Å². The highest BCUT2D eigenvalue weighted by atomic mass is 16.5. The van der Waals surface area contributed by atoms with Gasteiger partial charge in [-0.2, -0.15) is 5.10 Å². The Kier molecular flexibility index (Phi) is 3.70. The zero-order valence-corrected chi connectivity index (χ0v) is 10.5. The van der Waals surface area contributed by atoms with E-state index in [4.69, 9.17) is 15.6 Å². The number of nitrogens with zero attached hydrogens (tertiary/aromatic N) is 2. The third kappa shape index (κ3) is 3.25. The molecule has 1 aromatic heterocycles. The van der Waals surface area contributed by atoms with E-state index >= 15 is 0 Å². The van der Waals surface area contributed by atoms with Gasteiger partial charge in [-0.05, 0) is 23.8 Å². The molecule has 0 amide bonds. The van der Waals surface area contributed by atoms with Crippen LogP contribution in [0.15, 0.2) is 30.6 Å². The SMILES string of the molecule is Cn1cc(CCOc2ccc(N)c(C(=O)O)c2)cn1. The number of carboxylic acid groups (broad SMARTS) is 1. The Morgan fingerprint density at radius 2 is 2.32 bits per heavy atom. The highest BCUT2D eigenvalue weighted by Crippen LogP contribution is 2.19. The Morgan fingerprint density at radius 1 is 1.53 bits per heavy atom. The fraction of sp³-hybridized carbons (Fsp3) is 0.231. The van der Waals surface area contributed by atoms with Crippen molar-refractivity contribution < 1.29 is 14.6 Å². The molecule has 0 radical (unpaired) electrons. The summed E-state index contributed by atoms with van der Waals surface area (Å²) in [6.45, 7) is 0.453. The summed E-state index contributed by atoms with van der Waals surface area (Å²) in [5, 5.41) is 13.0. The number of nitrogens with two attached hydrogens (primary N) is 1. The van der Waals surface area contributed by atoms with Crippen molar-refractivity contribution in [2.24, 2.45) is 7.05 Å². The zero-order chi connectivity index (χ0) is 13.8. The molecule has 2 aromatic rings. The van der Waals surface area contributed by atoms with E-state index in [0.717, 1.165) is 5.56 Å². The summed E-state index contributed by atoms with van der Waals surface area (Å²) < 4.78 is 7.23. The second-order valence-corrected chi connectivity index (χ2v) is 4.17. The first-order valence-electron chi connectivity index (χ1n) is 5.79. The first-order valence-corrected chi connectivity index (χ1v) is 5.79. The second-order valence-electron chi connectivity index (χ2n) is 4.17. The van der Waals surface area contributed by atoms with Crippen molar-refractivity contribution in [1.29, 1.82) is 0 Å². The van der Waals surface area contributed by atoms with Crippen LogP contribution in [0.2, 0.25) is 0 Å². The molecule has 2 rings (SSSR count). The number of aromatic carboxylic acids is 1. The van der Waals surface area contributed by atoms with Gasteiger partial charge < -0.3 is 15.6 Å². The maximum absolute atomic E-state index is 10.9. The zero-order valence-electron chi connectivity index (χ0n) is 10.5. The van der Waals surface area contributed by atoms with Gasteiger partial charge in [0.25, 0.3) is 0 Å². The van der Waals surface area contributed by atoms with Gasteiger partial charge in [-0.1, -0.05) is 0 Å². The molecular weight excluding hydrogens is 246 g/mol. The highest BCUT2D eigenvalue weighted by Gasteiger charge is 2.09. The molecule has 0 aliphatic carbocycles. The molecule has 100 valence electrons. The van der Waals surface area contributed by atoms with Crippen molar-refractivity contribution in [2.45, 2.75) is 6.42 Å². The van der Waals surface area contributed by atoms with Crippen molar-refractivity contribution in [3.05, 3.63) is 41.7 Å². The molecule has 0 saturated heterocycles. The van der Waals surface area contributed by atoms with Gasteiger partial charge in [0.2, 0.25) is 0 Å². The number of carboxylic acids is 1. The van der Waals surface area contributed by atoms with E-state index in [1.54, 1.807) is 16.9 Å². The normalized spacial score (nSPS) is 10.4. The van der Waals surface area contributed by atoms with Gasteiger partial charge in [-0.25, -0.2) is 4.79 Å². The van der Waals surface area contributed by atoms with E-state index in [1.807, 2.05) is 13.2 Å². The van der Waals surface area contributed by atoms with Crippen molar-refractivity contribution in [3.63, 3.8) is 0 Å². The van der Waals surface area contributed by atoms with Crippen LogP contribution in [0, 0.1) is 0 Å². The highest BCUT2D eigenvalue weighted by molar-refractivity contribution is 5.94. The van der Waals surface area contributed by atoms with Crippen molar-refractivity contribution >= 4 is 11.7 Å². The maximum Gasteiger partial charge on any atom is 0.337 e. The first-order chi connectivity index (χ1) is 9.06. The van der Waals surface area contributed by atoms with Crippen LogP contribution in [0.4, 0.5) is 5.69 Å². The third-order valence-corrected chi connectivity index (χ3v) is 2.67. The van der Waals surface area contributed by atoms with Crippen LogP contribution in [0.3, 0.4) is 0 Å². The molecular formula is C13H15N3O3.